The molecule has 11 nitrogen and oxygen atoms in total. The lowest BCUT2D eigenvalue weighted by atomic mass is 9.97. The number of carbonyl (C=O) groups excluding carboxylic acids is 3. The molecule has 1 saturated heterocycles. The summed E-state index contributed by atoms with van der Waals surface area (Å²) in [6.07, 6.45) is 4.71. The number of ketones is 1. The molecule has 0 bridgehead atoms. The van der Waals surface area contributed by atoms with Crippen LogP contribution < -0.4 is 15.9 Å². The molecule has 1 saturated carbocycles. The number of nitrogens with one attached hydrogen (secondary N) is 2. The third-order valence-corrected chi connectivity index (χ3v) is 8.93. The van der Waals surface area contributed by atoms with E-state index in [2.05, 4.69) is 15.1 Å². The Bertz CT molecular complexity index is 1360. The van der Waals surface area contributed by atoms with Gasteiger partial charge in [0.15, 0.2) is 0 Å². The summed E-state index contributed by atoms with van der Waals surface area (Å²) in [5, 5.41) is 8.07. The van der Waals surface area contributed by atoms with Crippen molar-refractivity contribution < 1.29 is 22.8 Å². The van der Waals surface area contributed by atoms with Gasteiger partial charge in [-0.3, -0.25) is 14.4 Å². The number of piperidine rings is 1. The summed E-state index contributed by atoms with van der Waals surface area (Å²) >= 11 is 0. The van der Waals surface area contributed by atoms with E-state index in [1.165, 1.54) is 13.0 Å². The highest BCUT2D eigenvalue weighted by Crippen LogP contribution is 2.28. The molecular weight excluding hydrogens is 568 g/mol. The van der Waals surface area contributed by atoms with Gasteiger partial charge in [0, 0.05) is 38.6 Å². The fraction of sp³-hybridized carbons (Fsp3) is 0.500. The summed E-state index contributed by atoms with van der Waals surface area (Å²) in [7, 11) is -4.13. The molecular formula is C28H39ClN6O5S. The van der Waals surface area contributed by atoms with Gasteiger partial charge in [0.2, 0.25) is 21.8 Å². The van der Waals surface area contributed by atoms with Crippen LogP contribution in [0.2, 0.25) is 0 Å². The Balaban J connectivity index is 0.00000462. The highest BCUT2D eigenvalue weighted by molar-refractivity contribution is 7.89. The molecule has 1 aliphatic carbocycles. The molecule has 2 amide bonds. The number of amides is 2. The maximum atomic E-state index is 13.7. The maximum Gasteiger partial charge on any atom is 0.241 e. The second-order valence-electron chi connectivity index (χ2n) is 10.6. The van der Waals surface area contributed by atoms with Crippen molar-refractivity contribution in [3.05, 3.63) is 42.5 Å². The lowest BCUT2D eigenvalue weighted by Crippen LogP contribution is -2.51. The number of likely N-dealkylation sites (tertiary alicyclic amines) is 1. The van der Waals surface area contributed by atoms with Crippen molar-refractivity contribution in [3.63, 3.8) is 0 Å². The number of nitrogens with zero attached hydrogens (tertiary/aromatic N) is 3. The monoisotopic (exact) mass is 606 g/mol. The number of rotatable bonds is 13. The van der Waals surface area contributed by atoms with Crippen molar-refractivity contribution in [2.45, 2.75) is 62.4 Å². The minimum absolute atomic E-state index is 0. The molecule has 1 heterocycles. The van der Waals surface area contributed by atoms with Crippen LogP contribution in [0.5, 0.6) is 0 Å². The lowest BCUT2D eigenvalue weighted by Gasteiger charge is -2.30. The minimum atomic E-state index is -4.13. The van der Waals surface area contributed by atoms with Gasteiger partial charge in [0.25, 0.3) is 0 Å². The molecule has 1 aliphatic heterocycles. The van der Waals surface area contributed by atoms with Crippen LogP contribution in [0.1, 0.15) is 45.4 Å². The van der Waals surface area contributed by atoms with E-state index < -0.39 is 27.9 Å². The Morgan fingerprint density at radius 1 is 1.10 bits per heavy atom. The predicted molar refractivity (Wildman–Crippen MR) is 160 cm³/mol. The average Bonchev–Trinajstić information content (AvgIpc) is 3.77. The average molecular weight is 607 g/mol. The Labute approximate surface area is 247 Å². The molecule has 0 aromatic heterocycles. The van der Waals surface area contributed by atoms with E-state index in [1.54, 1.807) is 23.4 Å². The Morgan fingerprint density at radius 3 is 2.41 bits per heavy atom. The van der Waals surface area contributed by atoms with Crippen molar-refractivity contribution in [3.8, 4) is 0 Å². The summed E-state index contributed by atoms with van der Waals surface area (Å²) in [6, 6.07) is 10.8. The maximum absolute atomic E-state index is 13.7. The van der Waals surface area contributed by atoms with Crippen LogP contribution in [-0.4, -0.2) is 80.4 Å². The fourth-order valence-corrected chi connectivity index (χ4v) is 6.21. The second kappa shape index (κ2) is 14.6. The van der Waals surface area contributed by atoms with Gasteiger partial charge in [-0.25, -0.2) is 8.42 Å². The molecule has 4 rings (SSSR count). The van der Waals surface area contributed by atoms with E-state index in [-0.39, 0.29) is 54.4 Å². The molecule has 2 aliphatic rings. The number of Topliss-reactive ketones (excluding diaryl/α,β-unsaturated/α-hetero) is 1. The first kappa shape index (κ1) is 32.3. The molecule has 2 fully saturated rings. The fourth-order valence-electron chi connectivity index (χ4n) is 4.99. The molecule has 2 aromatic carbocycles. The van der Waals surface area contributed by atoms with Crippen molar-refractivity contribution in [2.75, 3.05) is 26.2 Å². The summed E-state index contributed by atoms with van der Waals surface area (Å²) in [4.78, 5) is 41.9. The van der Waals surface area contributed by atoms with E-state index in [0.29, 0.717) is 6.54 Å². The molecule has 13 heteroatoms. The number of fused-ring (bicyclic) bond motifs is 1. The summed E-state index contributed by atoms with van der Waals surface area (Å²) < 4.78 is 29.4. The van der Waals surface area contributed by atoms with Gasteiger partial charge in [-0.15, -0.1) is 12.4 Å². The van der Waals surface area contributed by atoms with Crippen molar-refractivity contribution in [1.82, 2.24) is 19.8 Å². The molecule has 2 aromatic rings. The molecule has 4 N–H and O–H groups in total. The number of hydrogen-bond donors (Lipinski definition) is 3. The van der Waals surface area contributed by atoms with Crippen LogP contribution in [0.15, 0.2) is 52.5 Å². The Hall–Kier alpha value is -3.22. The number of sulfonamides is 1. The number of benzene rings is 2. The summed E-state index contributed by atoms with van der Waals surface area (Å²) in [6.45, 7) is 3.64. The first-order chi connectivity index (χ1) is 19.2. The van der Waals surface area contributed by atoms with Gasteiger partial charge in [-0.2, -0.15) is 9.82 Å². The minimum Gasteiger partial charge on any atom is -0.361 e. The smallest absolute Gasteiger partial charge is 0.241 e. The third-order valence-electron chi connectivity index (χ3n) is 7.46. The third kappa shape index (κ3) is 9.14. The van der Waals surface area contributed by atoms with E-state index in [1.807, 2.05) is 29.2 Å². The topological polar surface area (TPSA) is 154 Å². The number of carbonyl (C=O) groups is 3. The van der Waals surface area contributed by atoms with Crippen molar-refractivity contribution in [2.24, 2.45) is 16.9 Å². The largest absolute Gasteiger partial charge is 0.361 e. The van der Waals surface area contributed by atoms with E-state index >= 15 is 0 Å². The molecule has 0 radical (unpaired) electrons. The van der Waals surface area contributed by atoms with Gasteiger partial charge < -0.3 is 21.0 Å². The normalized spacial score (nSPS) is 16.8. The molecule has 41 heavy (non-hydrogen) atoms. The zero-order chi connectivity index (χ0) is 28.7. The highest BCUT2D eigenvalue weighted by Gasteiger charge is 2.38. The van der Waals surface area contributed by atoms with Crippen molar-refractivity contribution in [1.29, 1.82) is 0 Å². The molecule has 1 unspecified atom stereocenters. The summed E-state index contributed by atoms with van der Waals surface area (Å²) in [5.74, 6) is 4.52. The predicted octanol–water partition coefficient (Wildman–Crippen LogP) is 2.00. The SMILES string of the molecule is CC(=O)CCN(C(=O)C(CC(=O)NCC1CCN(C=NN)CC1)NS(=O)(=O)c1ccc2ccccc2c1)C1CC1.Cl. The van der Waals surface area contributed by atoms with Crippen LogP contribution >= 0.6 is 12.4 Å². The van der Waals surface area contributed by atoms with Gasteiger partial charge in [0.1, 0.15) is 18.2 Å². The van der Waals surface area contributed by atoms with Crippen LogP contribution in [0, 0.1) is 5.92 Å². The summed E-state index contributed by atoms with van der Waals surface area (Å²) in [5.41, 5.74) is 0. The zero-order valence-electron chi connectivity index (χ0n) is 23.2. The van der Waals surface area contributed by atoms with Crippen LogP contribution in [0.25, 0.3) is 10.8 Å². The van der Waals surface area contributed by atoms with E-state index in [4.69, 9.17) is 5.84 Å². The van der Waals surface area contributed by atoms with Gasteiger partial charge in [0.05, 0.1) is 11.3 Å². The van der Waals surface area contributed by atoms with Gasteiger partial charge >= 0.3 is 0 Å². The Kier molecular flexibility index (Phi) is 11.5. The van der Waals surface area contributed by atoms with Gasteiger partial charge in [-0.1, -0.05) is 30.3 Å². The van der Waals surface area contributed by atoms with Crippen LogP contribution in [0.4, 0.5) is 0 Å². The number of halogens is 1. The first-order valence-electron chi connectivity index (χ1n) is 13.7. The first-order valence-corrected chi connectivity index (χ1v) is 15.2. The highest BCUT2D eigenvalue weighted by atomic mass is 35.5. The van der Waals surface area contributed by atoms with Gasteiger partial charge in [-0.05, 0) is 61.4 Å². The zero-order valence-corrected chi connectivity index (χ0v) is 24.8. The quantitative estimate of drug-likeness (QED) is 0.136. The van der Waals surface area contributed by atoms with Crippen LogP contribution in [0.3, 0.4) is 0 Å². The second-order valence-corrected chi connectivity index (χ2v) is 12.4. The number of nitrogens with two attached hydrogens (primary N) is 1. The lowest BCUT2D eigenvalue weighted by molar-refractivity contribution is -0.136. The molecule has 0 spiro atoms. The van der Waals surface area contributed by atoms with Crippen molar-refractivity contribution >= 4 is 57.1 Å². The molecule has 224 valence electrons. The number of hydrogen-bond acceptors (Lipinski definition) is 7. The standard InChI is InChI=1S/C28H38N6O5S.ClH/c1-20(35)10-15-34(24-7-8-24)28(37)26(17-27(36)30-18-21-11-13-33(14-12-21)19-31-29)32-40(38,39)25-9-6-22-4-2-3-5-23(22)16-25;/h2-6,9,16,19,21,24,26,32H,7-8,10-15,17-18,29H2,1H3,(H,30,36);1H. The Morgan fingerprint density at radius 2 is 1.78 bits per heavy atom. The van der Waals surface area contributed by atoms with E-state index in [9.17, 15) is 22.8 Å². The van der Waals surface area contributed by atoms with E-state index in [0.717, 1.165) is 49.5 Å². The molecule has 1 atom stereocenters. The number of hydrazone groups is 1. The van der Waals surface area contributed by atoms with Crippen LogP contribution in [-0.2, 0) is 24.4 Å².